The van der Waals surface area contributed by atoms with Crippen molar-refractivity contribution in [3.05, 3.63) is 65.2 Å². The van der Waals surface area contributed by atoms with Crippen LogP contribution in [-0.4, -0.2) is 26.6 Å². The number of rotatable bonds is 6. The second-order valence-corrected chi connectivity index (χ2v) is 8.57. The van der Waals surface area contributed by atoms with E-state index >= 15 is 0 Å². The van der Waals surface area contributed by atoms with Gasteiger partial charge in [0.15, 0.2) is 0 Å². The second kappa shape index (κ2) is 7.91. The van der Waals surface area contributed by atoms with Crippen molar-refractivity contribution in [2.45, 2.75) is 39.8 Å². The Balaban J connectivity index is 2.22. The first kappa shape index (κ1) is 20.0. The van der Waals surface area contributed by atoms with E-state index in [9.17, 15) is 13.2 Å². The third-order valence-electron chi connectivity index (χ3n) is 4.31. The highest BCUT2D eigenvalue weighted by atomic mass is 32.2. The number of sulfonamides is 1. The van der Waals surface area contributed by atoms with Gasteiger partial charge in [-0.3, -0.25) is 9.10 Å². The van der Waals surface area contributed by atoms with Crippen LogP contribution >= 0.6 is 0 Å². The largest absolute Gasteiger partial charge is 0.348 e. The average molecular weight is 375 g/mol. The lowest BCUT2D eigenvalue weighted by Gasteiger charge is -2.29. The van der Waals surface area contributed by atoms with Gasteiger partial charge in [-0.25, -0.2) is 8.42 Å². The van der Waals surface area contributed by atoms with Crippen LogP contribution in [0.1, 0.15) is 36.6 Å². The van der Waals surface area contributed by atoms with E-state index in [1.165, 1.54) is 0 Å². The summed E-state index contributed by atoms with van der Waals surface area (Å²) in [6.45, 7) is 7.40. The molecule has 0 radical (unpaired) electrons. The predicted molar refractivity (Wildman–Crippen MR) is 106 cm³/mol. The zero-order chi connectivity index (χ0) is 19.5. The number of carbonyl (C=O) groups is 1. The van der Waals surface area contributed by atoms with Gasteiger partial charge in [0.2, 0.25) is 15.9 Å². The summed E-state index contributed by atoms with van der Waals surface area (Å²) in [5, 5.41) is 2.90. The van der Waals surface area contributed by atoms with Crippen LogP contribution < -0.4 is 9.62 Å². The highest BCUT2D eigenvalue weighted by molar-refractivity contribution is 7.92. The van der Waals surface area contributed by atoms with Gasteiger partial charge in [0.25, 0.3) is 0 Å². The molecule has 6 heteroatoms. The van der Waals surface area contributed by atoms with Crippen LogP contribution in [0.25, 0.3) is 0 Å². The molecule has 0 heterocycles. The predicted octanol–water partition coefficient (Wildman–Crippen LogP) is 3.34. The quantitative estimate of drug-likeness (QED) is 0.843. The lowest BCUT2D eigenvalue weighted by Crippen LogP contribution is -2.48. The summed E-state index contributed by atoms with van der Waals surface area (Å²) < 4.78 is 25.8. The monoisotopic (exact) mass is 374 g/mol. The fraction of sp³-hybridized carbons (Fsp3) is 0.350. The van der Waals surface area contributed by atoms with E-state index in [0.29, 0.717) is 5.69 Å². The number of hydrogen-bond donors (Lipinski definition) is 1. The lowest BCUT2D eigenvalue weighted by atomic mass is 10.1. The third-order valence-corrected chi connectivity index (χ3v) is 5.55. The molecule has 26 heavy (non-hydrogen) atoms. The Morgan fingerprint density at radius 1 is 0.923 bits per heavy atom. The molecule has 0 saturated heterocycles. The summed E-state index contributed by atoms with van der Waals surface area (Å²) in [6, 6.07) is 13.9. The van der Waals surface area contributed by atoms with Crippen molar-refractivity contribution in [2.24, 2.45) is 0 Å². The Labute approximate surface area is 156 Å². The van der Waals surface area contributed by atoms with E-state index < -0.39 is 16.1 Å². The molecule has 0 aliphatic carbocycles. The number of hydrogen-bond acceptors (Lipinski definition) is 3. The summed E-state index contributed by atoms with van der Waals surface area (Å²) in [5.41, 5.74) is 3.61. The maximum atomic E-state index is 12.7. The minimum absolute atomic E-state index is 0.218. The molecule has 0 fully saturated rings. The van der Waals surface area contributed by atoms with Crippen molar-refractivity contribution in [2.75, 3.05) is 10.6 Å². The Kier molecular flexibility index (Phi) is 6.08. The maximum absolute atomic E-state index is 12.7. The number of benzene rings is 2. The fourth-order valence-corrected chi connectivity index (χ4v) is 3.95. The summed E-state index contributed by atoms with van der Waals surface area (Å²) in [4.78, 5) is 12.7. The summed E-state index contributed by atoms with van der Waals surface area (Å²) in [7, 11) is -3.61. The SMILES string of the molecule is Cc1ccc([C@H](C)NC(=O)[C@H](C)N(c2ccc(C)cc2)S(C)(=O)=O)cc1. The van der Waals surface area contributed by atoms with Gasteiger partial charge in [0.05, 0.1) is 18.0 Å². The summed E-state index contributed by atoms with van der Waals surface area (Å²) in [5.74, 6) is -0.343. The molecule has 0 aliphatic heterocycles. The molecule has 2 aromatic rings. The fourth-order valence-electron chi connectivity index (χ4n) is 2.77. The van der Waals surface area contributed by atoms with E-state index in [-0.39, 0.29) is 11.9 Å². The highest BCUT2D eigenvalue weighted by Crippen LogP contribution is 2.22. The van der Waals surface area contributed by atoms with Crippen molar-refractivity contribution in [3.63, 3.8) is 0 Å². The van der Waals surface area contributed by atoms with Crippen LogP contribution in [0.5, 0.6) is 0 Å². The topological polar surface area (TPSA) is 66.5 Å². The van der Waals surface area contributed by atoms with Crippen molar-refractivity contribution >= 4 is 21.6 Å². The molecule has 2 rings (SSSR count). The van der Waals surface area contributed by atoms with Crippen LogP contribution in [0.3, 0.4) is 0 Å². The van der Waals surface area contributed by atoms with Crippen molar-refractivity contribution < 1.29 is 13.2 Å². The number of anilines is 1. The summed E-state index contributed by atoms with van der Waals surface area (Å²) in [6.07, 6.45) is 1.11. The Morgan fingerprint density at radius 3 is 1.85 bits per heavy atom. The van der Waals surface area contributed by atoms with Crippen LogP contribution in [0.15, 0.2) is 48.5 Å². The van der Waals surface area contributed by atoms with E-state index in [2.05, 4.69) is 5.32 Å². The first-order valence-corrected chi connectivity index (χ1v) is 10.4. The second-order valence-electron chi connectivity index (χ2n) is 6.71. The molecule has 0 aliphatic rings. The number of nitrogens with one attached hydrogen (secondary N) is 1. The van der Waals surface area contributed by atoms with E-state index in [4.69, 9.17) is 0 Å². The van der Waals surface area contributed by atoms with Gasteiger partial charge in [-0.15, -0.1) is 0 Å². The molecule has 1 amide bonds. The molecular weight excluding hydrogens is 348 g/mol. The molecule has 0 saturated carbocycles. The zero-order valence-corrected chi connectivity index (χ0v) is 16.7. The molecule has 140 valence electrons. The van der Waals surface area contributed by atoms with Crippen molar-refractivity contribution in [3.8, 4) is 0 Å². The van der Waals surface area contributed by atoms with Gasteiger partial charge in [-0.2, -0.15) is 0 Å². The van der Waals surface area contributed by atoms with E-state index in [1.54, 1.807) is 19.1 Å². The maximum Gasteiger partial charge on any atom is 0.244 e. The molecule has 1 N–H and O–H groups in total. The zero-order valence-electron chi connectivity index (χ0n) is 15.9. The lowest BCUT2D eigenvalue weighted by molar-refractivity contribution is -0.122. The first-order chi connectivity index (χ1) is 12.1. The molecule has 0 aromatic heterocycles. The Bertz CT molecular complexity index is 859. The van der Waals surface area contributed by atoms with Gasteiger partial charge < -0.3 is 5.32 Å². The molecule has 2 atom stereocenters. The van der Waals surface area contributed by atoms with Crippen LogP contribution in [0.2, 0.25) is 0 Å². The first-order valence-electron chi connectivity index (χ1n) is 8.52. The number of amides is 1. The molecule has 2 aromatic carbocycles. The van der Waals surface area contributed by atoms with Gasteiger partial charge in [0, 0.05) is 0 Å². The highest BCUT2D eigenvalue weighted by Gasteiger charge is 2.29. The normalized spacial score (nSPS) is 13.7. The van der Waals surface area contributed by atoms with E-state index in [0.717, 1.165) is 27.3 Å². The summed E-state index contributed by atoms with van der Waals surface area (Å²) >= 11 is 0. The molecule has 0 unspecified atom stereocenters. The molecule has 0 bridgehead atoms. The van der Waals surface area contributed by atoms with Crippen molar-refractivity contribution in [1.82, 2.24) is 5.32 Å². The number of carbonyl (C=O) groups excluding carboxylic acids is 1. The smallest absolute Gasteiger partial charge is 0.244 e. The minimum atomic E-state index is -3.61. The molecule has 0 spiro atoms. The number of aryl methyl sites for hydroxylation is 2. The van der Waals surface area contributed by atoms with Crippen LogP contribution in [-0.2, 0) is 14.8 Å². The van der Waals surface area contributed by atoms with Crippen LogP contribution in [0, 0.1) is 13.8 Å². The Hall–Kier alpha value is -2.34. The van der Waals surface area contributed by atoms with Gasteiger partial charge in [-0.1, -0.05) is 47.5 Å². The van der Waals surface area contributed by atoms with Gasteiger partial charge in [-0.05, 0) is 45.4 Å². The third kappa shape index (κ3) is 4.85. The van der Waals surface area contributed by atoms with Gasteiger partial charge >= 0.3 is 0 Å². The number of nitrogens with zero attached hydrogens (tertiary/aromatic N) is 1. The minimum Gasteiger partial charge on any atom is -0.348 e. The average Bonchev–Trinajstić information content (AvgIpc) is 2.56. The standard InChI is InChI=1S/C20H26N2O3S/c1-14-6-10-18(11-7-14)16(3)21-20(23)17(4)22(26(5,24)25)19-12-8-15(2)9-13-19/h6-13,16-17H,1-5H3,(H,21,23)/t16-,17-/m0/s1. The van der Waals surface area contributed by atoms with Crippen LogP contribution in [0.4, 0.5) is 5.69 Å². The molecular formula is C20H26N2O3S. The van der Waals surface area contributed by atoms with Gasteiger partial charge in [0.1, 0.15) is 6.04 Å². The van der Waals surface area contributed by atoms with Crippen molar-refractivity contribution in [1.29, 1.82) is 0 Å². The Morgan fingerprint density at radius 2 is 1.38 bits per heavy atom. The molecule has 5 nitrogen and oxygen atoms in total. The van der Waals surface area contributed by atoms with E-state index in [1.807, 2.05) is 57.2 Å².